The van der Waals surface area contributed by atoms with Crippen LogP contribution in [0.5, 0.6) is 0 Å². The zero-order valence-electron chi connectivity index (χ0n) is 13.3. The Labute approximate surface area is 134 Å². The lowest BCUT2D eigenvalue weighted by molar-refractivity contribution is -0.125. The number of amides is 1. The van der Waals surface area contributed by atoms with Crippen LogP contribution in [0.3, 0.4) is 0 Å². The van der Waals surface area contributed by atoms with Crippen molar-refractivity contribution in [3.8, 4) is 0 Å². The molecule has 0 bridgehead atoms. The third-order valence-electron chi connectivity index (χ3n) is 4.55. The average molecular weight is 325 g/mol. The minimum atomic E-state index is -1.18. The van der Waals surface area contributed by atoms with Crippen molar-refractivity contribution in [3.63, 3.8) is 0 Å². The standard InChI is InChI=1S/C17H21F2NO3/c1-10-5-3-8-14(11(10)2)20-15(21)9-23-17(22)16-12(18)6-4-7-13(16)19/h4,6-7,10-11,14H,3,5,8-9H2,1-2H3,(H,20,21)/t10-,11+,14-/m0/s1. The summed E-state index contributed by atoms with van der Waals surface area (Å²) in [4.78, 5) is 23.6. The number of hydrogen-bond donors (Lipinski definition) is 1. The quantitative estimate of drug-likeness (QED) is 0.866. The molecule has 1 aromatic carbocycles. The molecule has 0 spiro atoms. The van der Waals surface area contributed by atoms with Gasteiger partial charge in [-0.15, -0.1) is 0 Å². The fourth-order valence-electron chi connectivity index (χ4n) is 2.93. The molecule has 0 unspecified atom stereocenters. The highest BCUT2D eigenvalue weighted by molar-refractivity contribution is 5.91. The Bertz CT molecular complexity index is 571. The van der Waals surface area contributed by atoms with Crippen molar-refractivity contribution in [2.45, 2.75) is 39.2 Å². The summed E-state index contributed by atoms with van der Waals surface area (Å²) in [5, 5.41) is 2.83. The number of benzene rings is 1. The minimum absolute atomic E-state index is 0.0372. The number of carbonyl (C=O) groups is 2. The molecule has 4 nitrogen and oxygen atoms in total. The molecule has 0 saturated heterocycles. The van der Waals surface area contributed by atoms with Crippen LogP contribution >= 0.6 is 0 Å². The number of nitrogens with one attached hydrogen (secondary N) is 1. The Kier molecular flexibility index (Phi) is 5.69. The fourth-order valence-corrected chi connectivity index (χ4v) is 2.93. The molecule has 0 aromatic heterocycles. The van der Waals surface area contributed by atoms with E-state index in [0.717, 1.165) is 37.5 Å². The number of ether oxygens (including phenoxy) is 1. The van der Waals surface area contributed by atoms with Gasteiger partial charge in [-0.25, -0.2) is 13.6 Å². The molecule has 6 heteroatoms. The van der Waals surface area contributed by atoms with Crippen molar-refractivity contribution in [1.82, 2.24) is 5.32 Å². The van der Waals surface area contributed by atoms with Crippen molar-refractivity contribution in [3.05, 3.63) is 35.4 Å². The molecule has 126 valence electrons. The Morgan fingerprint density at radius 3 is 2.52 bits per heavy atom. The number of hydrogen-bond acceptors (Lipinski definition) is 3. The molecule has 0 aliphatic heterocycles. The third kappa shape index (κ3) is 4.27. The topological polar surface area (TPSA) is 55.4 Å². The van der Waals surface area contributed by atoms with Gasteiger partial charge in [0.15, 0.2) is 6.61 Å². The number of carbonyl (C=O) groups excluding carboxylic acids is 2. The lowest BCUT2D eigenvalue weighted by atomic mass is 9.78. The smallest absolute Gasteiger partial charge is 0.344 e. The average Bonchev–Trinajstić information content (AvgIpc) is 2.49. The summed E-state index contributed by atoms with van der Waals surface area (Å²) in [5.74, 6) is -2.80. The van der Waals surface area contributed by atoms with Gasteiger partial charge in [0.05, 0.1) is 0 Å². The second-order valence-corrected chi connectivity index (χ2v) is 6.11. The van der Waals surface area contributed by atoms with Crippen LogP contribution in [0.25, 0.3) is 0 Å². The van der Waals surface area contributed by atoms with E-state index in [1.165, 1.54) is 0 Å². The summed E-state index contributed by atoms with van der Waals surface area (Å²) in [7, 11) is 0. The first-order valence-electron chi connectivity index (χ1n) is 7.80. The van der Waals surface area contributed by atoms with E-state index in [4.69, 9.17) is 4.74 Å². The first-order chi connectivity index (χ1) is 10.9. The minimum Gasteiger partial charge on any atom is -0.452 e. The highest BCUT2D eigenvalue weighted by Crippen LogP contribution is 2.29. The SMILES string of the molecule is C[C@H]1[C@@H](NC(=O)COC(=O)c2c(F)cccc2F)CCC[C@@H]1C. The van der Waals surface area contributed by atoms with E-state index in [2.05, 4.69) is 19.2 Å². The summed E-state index contributed by atoms with van der Waals surface area (Å²) in [6.45, 7) is 3.67. The van der Waals surface area contributed by atoms with E-state index in [-0.39, 0.29) is 6.04 Å². The van der Waals surface area contributed by atoms with Gasteiger partial charge in [0, 0.05) is 6.04 Å². The van der Waals surface area contributed by atoms with Gasteiger partial charge in [-0.3, -0.25) is 4.79 Å². The maximum Gasteiger partial charge on any atom is 0.344 e. The van der Waals surface area contributed by atoms with Crippen molar-refractivity contribution in [1.29, 1.82) is 0 Å². The highest BCUT2D eigenvalue weighted by atomic mass is 19.1. The predicted octanol–water partition coefficient (Wildman–Crippen LogP) is 3.06. The first kappa shape index (κ1) is 17.4. The maximum atomic E-state index is 13.5. The second-order valence-electron chi connectivity index (χ2n) is 6.11. The molecule has 3 atom stereocenters. The van der Waals surface area contributed by atoms with E-state index in [9.17, 15) is 18.4 Å². The Balaban J connectivity index is 1.88. The van der Waals surface area contributed by atoms with Gasteiger partial charge >= 0.3 is 5.97 Å². The maximum absolute atomic E-state index is 13.5. The zero-order chi connectivity index (χ0) is 17.0. The van der Waals surface area contributed by atoms with Gasteiger partial charge in [-0.2, -0.15) is 0 Å². The molecule has 1 saturated carbocycles. The fraction of sp³-hybridized carbons (Fsp3) is 0.529. The van der Waals surface area contributed by atoms with E-state index in [0.29, 0.717) is 11.8 Å². The molecule has 23 heavy (non-hydrogen) atoms. The normalized spacial score (nSPS) is 24.1. The van der Waals surface area contributed by atoms with Gasteiger partial charge in [0.1, 0.15) is 17.2 Å². The first-order valence-corrected chi connectivity index (χ1v) is 7.80. The van der Waals surface area contributed by atoms with E-state index in [1.54, 1.807) is 0 Å². The monoisotopic (exact) mass is 325 g/mol. The van der Waals surface area contributed by atoms with Crippen LogP contribution in [0.15, 0.2) is 18.2 Å². The molecule has 1 fully saturated rings. The Morgan fingerprint density at radius 1 is 1.22 bits per heavy atom. The molecular formula is C17H21F2NO3. The van der Waals surface area contributed by atoms with Crippen molar-refractivity contribution in [2.75, 3.05) is 6.61 Å². The molecule has 1 amide bonds. The molecule has 0 radical (unpaired) electrons. The van der Waals surface area contributed by atoms with Gasteiger partial charge in [-0.1, -0.05) is 32.8 Å². The molecular weight excluding hydrogens is 304 g/mol. The van der Waals surface area contributed by atoms with Gasteiger partial charge in [-0.05, 0) is 30.4 Å². The number of halogens is 2. The second kappa shape index (κ2) is 7.53. The van der Waals surface area contributed by atoms with Gasteiger partial charge < -0.3 is 10.1 Å². The Hall–Kier alpha value is -1.98. The van der Waals surface area contributed by atoms with Gasteiger partial charge in [0.2, 0.25) is 0 Å². The lowest BCUT2D eigenvalue weighted by Gasteiger charge is -2.34. The Morgan fingerprint density at radius 2 is 1.87 bits per heavy atom. The molecule has 0 heterocycles. The molecule has 1 N–H and O–H groups in total. The van der Waals surface area contributed by atoms with Crippen LogP contribution in [-0.2, 0) is 9.53 Å². The van der Waals surface area contributed by atoms with E-state index < -0.39 is 35.7 Å². The van der Waals surface area contributed by atoms with Gasteiger partial charge in [0.25, 0.3) is 5.91 Å². The van der Waals surface area contributed by atoms with Crippen molar-refractivity contribution in [2.24, 2.45) is 11.8 Å². The molecule has 1 aromatic rings. The van der Waals surface area contributed by atoms with Crippen LogP contribution in [0, 0.1) is 23.5 Å². The van der Waals surface area contributed by atoms with E-state index in [1.807, 2.05) is 0 Å². The largest absolute Gasteiger partial charge is 0.452 e. The predicted molar refractivity (Wildman–Crippen MR) is 80.8 cm³/mol. The van der Waals surface area contributed by atoms with Crippen LogP contribution < -0.4 is 5.32 Å². The van der Waals surface area contributed by atoms with E-state index >= 15 is 0 Å². The molecule has 2 rings (SSSR count). The van der Waals surface area contributed by atoms with Crippen molar-refractivity contribution >= 4 is 11.9 Å². The summed E-state index contributed by atoms with van der Waals surface area (Å²) in [6, 6.07) is 3.12. The van der Waals surface area contributed by atoms with Crippen LogP contribution in [0.2, 0.25) is 0 Å². The lowest BCUT2D eigenvalue weighted by Crippen LogP contribution is -2.45. The highest BCUT2D eigenvalue weighted by Gasteiger charge is 2.28. The number of esters is 1. The van der Waals surface area contributed by atoms with Crippen molar-refractivity contribution < 1.29 is 23.1 Å². The number of rotatable bonds is 4. The zero-order valence-corrected chi connectivity index (χ0v) is 13.3. The summed E-state index contributed by atoms with van der Waals surface area (Å²) in [5.41, 5.74) is -0.778. The molecule has 1 aliphatic carbocycles. The summed E-state index contributed by atoms with van der Waals surface area (Å²) >= 11 is 0. The van der Waals surface area contributed by atoms with Crippen LogP contribution in [0.4, 0.5) is 8.78 Å². The van der Waals surface area contributed by atoms with Crippen LogP contribution in [0.1, 0.15) is 43.5 Å². The summed E-state index contributed by atoms with van der Waals surface area (Å²) in [6.07, 6.45) is 3.05. The molecule has 1 aliphatic rings. The summed E-state index contributed by atoms with van der Waals surface area (Å²) < 4.78 is 31.6. The third-order valence-corrected chi connectivity index (χ3v) is 4.55. The van der Waals surface area contributed by atoms with Crippen LogP contribution in [-0.4, -0.2) is 24.5 Å².